The zero-order valence-electron chi connectivity index (χ0n) is 9.68. The second kappa shape index (κ2) is 4.19. The highest BCUT2D eigenvalue weighted by Gasteiger charge is 2.46. The molecule has 1 aliphatic heterocycles. The number of nitrogen functional groups attached to an aromatic ring is 1. The molecule has 1 aromatic rings. The van der Waals surface area contributed by atoms with Gasteiger partial charge in [-0.1, -0.05) is 6.07 Å². The maximum atomic E-state index is 11.2. The summed E-state index contributed by atoms with van der Waals surface area (Å²) in [5.74, 6) is -0.396. The number of aliphatic carboxylic acids is 1. The van der Waals surface area contributed by atoms with Gasteiger partial charge in [0.1, 0.15) is 11.9 Å². The van der Waals surface area contributed by atoms with Gasteiger partial charge in [-0.05, 0) is 19.9 Å². The quantitative estimate of drug-likeness (QED) is 0.734. The van der Waals surface area contributed by atoms with Crippen LogP contribution in [0.3, 0.4) is 0 Å². The van der Waals surface area contributed by atoms with E-state index in [0.29, 0.717) is 5.82 Å². The van der Waals surface area contributed by atoms with Crippen LogP contribution in [0.2, 0.25) is 0 Å². The van der Waals surface area contributed by atoms with Gasteiger partial charge in [-0.25, -0.2) is 4.98 Å². The Morgan fingerprint density at radius 3 is 2.88 bits per heavy atom. The third-order valence-electron chi connectivity index (χ3n) is 2.84. The summed E-state index contributed by atoms with van der Waals surface area (Å²) in [5.41, 5.74) is 6.64. The molecule has 0 radical (unpaired) electrons. The number of nitrogens with one attached hydrogen (secondary N) is 1. The molecule has 0 aromatic carbocycles. The lowest BCUT2D eigenvalue weighted by atomic mass is 10.0. The number of anilines is 1. The minimum atomic E-state index is -0.840. The number of aromatic nitrogens is 1. The van der Waals surface area contributed by atoms with Gasteiger partial charge in [0, 0.05) is 16.5 Å². The van der Waals surface area contributed by atoms with E-state index in [1.807, 2.05) is 19.9 Å². The van der Waals surface area contributed by atoms with Crippen LogP contribution in [0, 0.1) is 0 Å². The molecular formula is C11H15N3O2S. The van der Waals surface area contributed by atoms with Crippen molar-refractivity contribution >= 4 is 23.5 Å². The van der Waals surface area contributed by atoms with E-state index in [1.54, 1.807) is 24.0 Å². The van der Waals surface area contributed by atoms with Crippen LogP contribution in [0.25, 0.3) is 0 Å². The number of rotatable bonds is 2. The van der Waals surface area contributed by atoms with Crippen molar-refractivity contribution in [3.63, 3.8) is 0 Å². The van der Waals surface area contributed by atoms with Gasteiger partial charge in [-0.15, -0.1) is 11.8 Å². The highest BCUT2D eigenvalue weighted by atomic mass is 32.2. The van der Waals surface area contributed by atoms with Crippen LogP contribution in [0.5, 0.6) is 0 Å². The molecule has 6 heteroatoms. The minimum absolute atomic E-state index is 0.125. The summed E-state index contributed by atoms with van der Waals surface area (Å²) in [6.45, 7) is 3.83. The summed E-state index contributed by atoms with van der Waals surface area (Å²) >= 11 is 1.56. The molecule has 92 valence electrons. The molecule has 17 heavy (non-hydrogen) atoms. The normalized spacial score (nSPS) is 26.9. The van der Waals surface area contributed by atoms with E-state index in [9.17, 15) is 4.79 Å². The Kier molecular flexibility index (Phi) is 3.01. The molecule has 2 heterocycles. The average molecular weight is 253 g/mol. The number of thioether (sulfide) groups is 1. The average Bonchev–Trinajstić information content (AvgIpc) is 2.55. The van der Waals surface area contributed by atoms with E-state index >= 15 is 0 Å². The zero-order chi connectivity index (χ0) is 12.6. The van der Waals surface area contributed by atoms with Crippen LogP contribution >= 0.6 is 11.8 Å². The van der Waals surface area contributed by atoms with Gasteiger partial charge < -0.3 is 10.8 Å². The van der Waals surface area contributed by atoms with Gasteiger partial charge in [-0.2, -0.15) is 0 Å². The van der Waals surface area contributed by atoms with Crippen LogP contribution in [0.1, 0.15) is 24.8 Å². The number of nitrogens with two attached hydrogens (primary N) is 1. The highest BCUT2D eigenvalue weighted by Crippen LogP contribution is 2.46. The molecule has 1 aromatic heterocycles. The number of carboxylic acids is 1. The number of pyridine rings is 1. The predicted octanol–water partition coefficient (Wildman–Crippen LogP) is 1.23. The molecule has 5 nitrogen and oxygen atoms in total. The van der Waals surface area contributed by atoms with Crippen molar-refractivity contribution in [3.05, 3.63) is 23.9 Å². The Labute approximate surface area is 104 Å². The third kappa shape index (κ3) is 2.23. The van der Waals surface area contributed by atoms with Gasteiger partial charge in [0.2, 0.25) is 0 Å². The Bertz CT molecular complexity index is 450. The number of nitrogens with zero attached hydrogens (tertiary/aromatic N) is 1. The first-order chi connectivity index (χ1) is 7.92. The van der Waals surface area contributed by atoms with Crippen molar-refractivity contribution in [1.82, 2.24) is 10.3 Å². The summed E-state index contributed by atoms with van der Waals surface area (Å²) in [6, 6.07) is 3.08. The molecule has 0 aliphatic carbocycles. The lowest BCUT2D eigenvalue weighted by Crippen LogP contribution is -2.43. The van der Waals surface area contributed by atoms with Gasteiger partial charge in [0.15, 0.2) is 0 Å². The predicted molar refractivity (Wildman–Crippen MR) is 67.6 cm³/mol. The van der Waals surface area contributed by atoms with Crippen molar-refractivity contribution in [1.29, 1.82) is 0 Å². The first kappa shape index (κ1) is 12.2. The van der Waals surface area contributed by atoms with Crippen molar-refractivity contribution in [3.8, 4) is 0 Å². The Hall–Kier alpha value is -1.27. The zero-order valence-corrected chi connectivity index (χ0v) is 10.5. The monoisotopic (exact) mass is 253 g/mol. The largest absolute Gasteiger partial charge is 0.480 e. The lowest BCUT2D eigenvalue weighted by molar-refractivity contribution is -0.139. The fraction of sp³-hybridized carbons (Fsp3) is 0.455. The molecular weight excluding hydrogens is 238 g/mol. The van der Waals surface area contributed by atoms with Crippen molar-refractivity contribution in [2.24, 2.45) is 0 Å². The molecule has 2 rings (SSSR count). The molecule has 1 aliphatic rings. The Balaban J connectivity index is 2.28. The summed E-state index contributed by atoms with van der Waals surface area (Å²) in [4.78, 5) is 15.2. The summed E-state index contributed by atoms with van der Waals surface area (Å²) in [5, 5.41) is 12.1. The molecule has 0 amide bonds. The van der Waals surface area contributed by atoms with E-state index in [1.165, 1.54) is 0 Å². The number of carboxylic acid groups (broad SMARTS) is 1. The van der Waals surface area contributed by atoms with Gasteiger partial charge in [0.05, 0.1) is 5.37 Å². The van der Waals surface area contributed by atoms with E-state index < -0.39 is 12.0 Å². The molecule has 0 bridgehead atoms. The van der Waals surface area contributed by atoms with E-state index in [-0.39, 0.29) is 10.1 Å². The van der Waals surface area contributed by atoms with Gasteiger partial charge in [0.25, 0.3) is 0 Å². The second-order valence-corrected chi connectivity index (χ2v) is 6.28. The van der Waals surface area contributed by atoms with E-state index in [4.69, 9.17) is 10.8 Å². The molecule has 4 N–H and O–H groups in total. The van der Waals surface area contributed by atoms with Gasteiger partial charge >= 0.3 is 5.97 Å². The van der Waals surface area contributed by atoms with Crippen LogP contribution in [0.15, 0.2) is 18.3 Å². The van der Waals surface area contributed by atoms with Crippen LogP contribution in [0.4, 0.5) is 5.82 Å². The number of hydrogen-bond acceptors (Lipinski definition) is 5. The fourth-order valence-electron chi connectivity index (χ4n) is 1.93. The Morgan fingerprint density at radius 2 is 2.35 bits per heavy atom. The van der Waals surface area contributed by atoms with Crippen molar-refractivity contribution < 1.29 is 9.90 Å². The van der Waals surface area contributed by atoms with Crippen LogP contribution in [-0.4, -0.2) is 26.8 Å². The molecule has 0 spiro atoms. The lowest BCUT2D eigenvalue weighted by Gasteiger charge is -2.20. The third-order valence-corrected chi connectivity index (χ3v) is 4.30. The Morgan fingerprint density at radius 1 is 1.65 bits per heavy atom. The maximum Gasteiger partial charge on any atom is 0.322 e. The standard InChI is InChI=1S/C11H15N3O2S/c1-11(2)7(10(15)16)14-9(17-11)6-4-3-5-13-8(6)12/h3-5,7,9,14H,1-2H3,(H2,12,13)(H,15,16). The molecule has 0 saturated carbocycles. The minimum Gasteiger partial charge on any atom is -0.480 e. The van der Waals surface area contributed by atoms with Gasteiger partial charge in [-0.3, -0.25) is 10.1 Å². The SMILES string of the molecule is CC1(C)SC(c2cccnc2N)NC1C(=O)O. The number of hydrogen-bond donors (Lipinski definition) is 3. The molecule has 2 unspecified atom stereocenters. The van der Waals surface area contributed by atoms with E-state index in [2.05, 4.69) is 10.3 Å². The topological polar surface area (TPSA) is 88.2 Å². The highest BCUT2D eigenvalue weighted by molar-refractivity contribution is 8.01. The first-order valence-corrected chi connectivity index (χ1v) is 6.17. The summed E-state index contributed by atoms with van der Waals surface area (Å²) in [7, 11) is 0. The van der Waals surface area contributed by atoms with Crippen LogP contribution in [-0.2, 0) is 4.79 Å². The van der Waals surface area contributed by atoms with Crippen molar-refractivity contribution in [2.45, 2.75) is 30.0 Å². The summed E-state index contributed by atoms with van der Waals surface area (Å²) < 4.78 is -0.376. The summed E-state index contributed by atoms with van der Waals surface area (Å²) in [6.07, 6.45) is 1.62. The second-order valence-electron chi connectivity index (χ2n) is 4.52. The van der Waals surface area contributed by atoms with Crippen LogP contribution < -0.4 is 11.1 Å². The smallest absolute Gasteiger partial charge is 0.322 e. The van der Waals surface area contributed by atoms with Crippen molar-refractivity contribution in [2.75, 3.05) is 5.73 Å². The first-order valence-electron chi connectivity index (χ1n) is 5.29. The maximum absolute atomic E-state index is 11.2. The molecule has 2 atom stereocenters. The molecule has 1 saturated heterocycles. The molecule has 1 fully saturated rings. The fourth-order valence-corrected chi connectivity index (χ4v) is 3.37. The van der Waals surface area contributed by atoms with E-state index in [0.717, 1.165) is 5.56 Å². The number of carbonyl (C=O) groups is 1.